The largest absolute Gasteiger partial charge is 0.493 e. The standard InChI is InChI=1S/C13H19NO2/c1-5-14-11-7-9(3)8-12(16-6-2)13(11)10(4)15/h7-8,14H,5-6H2,1-4H3. The molecule has 16 heavy (non-hydrogen) atoms. The SMILES string of the molecule is CCNc1cc(C)cc(OCC)c1C(C)=O. The van der Waals surface area contributed by atoms with E-state index in [1.54, 1.807) is 6.92 Å². The van der Waals surface area contributed by atoms with Crippen LogP contribution in [0, 0.1) is 6.92 Å². The third-order valence-electron chi connectivity index (χ3n) is 2.27. The van der Waals surface area contributed by atoms with Crippen molar-refractivity contribution in [2.45, 2.75) is 27.7 Å². The van der Waals surface area contributed by atoms with E-state index in [-0.39, 0.29) is 5.78 Å². The first-order chi connectivity index (χ1) is 7.60. The van der Waals surface area contributed by atoms with E-state index in [9.17, 15) is 4.79 Å². The number of carbonyl (C=O) groups excluding carboxylic acids is 1. The molecule has 0 saturated heterocycles. The first-order valence-electron chi connectivity index (χ1n) is 5.62. The van der Waals surface area contributed by atoms with Crippen LogP contribution in [-0.4, -0.2) is 18.9 Å². The minimum atomic E-state index is 0.0272. The molecule has 3 nitrogen and oxygen atoms in total. The molecule has 0 heterocycles. The Hall–Kier alpha value is -1.51. The van der Waals surface area contributed by atoms with Gasteiger partial charge in [0.25, 0.3) is 0 Å². The highest BCUT2D eigenvalue weighted by Gasteiger charge is 2.14. The summed E-state index contributed by atoms with van der Waals surface area (Å²) in [5.74, 6) is 0.699. The quantitative estimate of drug-likeness (QED) is 0.777. The van der Waals surface area contributed by atoms with Crippen LogP contribution >= 0.6 is 0 Å². The Labute approximate surface area is 96.8 Å². The molecule has 0 aliphatic rings. The predicted molar refractivity (Wildman–Crippen MR) is 66.5 cm³/mol. The van der Waals surface area contributed by atoms with Gasteiger partial charge in [0.15, 0.2) is 5.78 Å². The minimum absolute atomic E-state index is 0.0272. The topological polar surface area (TPSA) is 38.3 Å². The van der Waals surface area contributed by atoms with Crippen LogP contribution in [0.1, 0.15) is 36.7 Å². The summed E-state index contributed by atoms with van der Waals surface area (Å²) in [5.41, 5.74) is 2.59. The maximum Gasteiger partial charge on any atom is 0.165 e. The van der Waals surface area contributed by atoms with Crippen molar-refractivity contribution in [3.8, 4) is 5.75 Å². The summed E-state index contributed by atoms with van der Waals surface area (Å²) in [7, 11) is 0. The molecule has 1 rings (SSSR count). The van der Waals surface area contributed by atoms with Crippen molar-refractivity contribution < 1.29 is 9.53 Å². The fraction of sp³-hybridized carbons (Fsp3) is 0.462. The van der Waals surface area contributed by atoms with E-state index in [1.165, 1.54) is 0 Å². The molecule has 1 aromatic rings. The van der Waals surface area contributed by atoms with Gasteiger partial charge in [-0.2, -0.15) is 0 Å². The summed E-state index contributed by atoms with van der Waals surface area (Å²) in [6, 6.07) is 3.88. The molecule has 3 heteroatoms. The van der Waals surface area contributed by atoms with Gasteiger partial charge in [0.05, 0.1) is 12.2 Å². The van der Waals surface area contributed by atoms with Gasteiger partial charge in [-0.1, -0.05) is 0 Å². The number of anilines is 1. The lowest BCUT2D eigenvalue weighted by Gasteiger charge is -2.15. The van der Waals surface area contributed by atoms with E-state index >= 15 is 0 Å². The van der Waals surface area contributed by atoms with E-state index in [4.69, 9.17) is 4.74 Å². The van der Waals surface area contributed by atoms with Gasteiger partial charge in [-0.05, 0) is 45.4 Å². The fourth-order valence-corrected chi connectivity index (χ4v) is 1.72. The predicted octanol–water partition coefficient (Wildman–Crippen LogP) is 3.03. The van der Waals surface area contributed by atoms with Gasteiger partial charge in [0, 0.05) is 12.2 Å². The van der Waals surface area contributed by atoms with Crippen LogP contribution in [0.2, 0.25) is 0 Å². The normalized spacial score (nSPS) is 10.0. The number of Topliss-reactive ketones (excluding diaryl/α,β-unsaturated/α-hetero) is 1. The second-order valence-corrected chi connectivity index (χ2v) is 3.71. The van der Waals surface area contributed by atoms with Crippen LogP contribution in [0.25, 0.3) is 0 Å². The van der Waals surface area contributed by atoms with Crippen LogP contribution in [0.4, 0.5) is 5.69 Å². The van der Waals surface area contributed by atoms with Crippen LogP contribution in [0.15, 0.2) is 12.1 Å². The summed E-state index contributed by atoms with van der Waals surface area (Å²) in [6.07, 6.45) is 0. The number of carbonyl (C=O) groups is 1. The molecule has 0 fully saturated rings. The Bertz CT molecular complexity index is 359. The zero-order valence-corrected chi connectivity index (χ0v) is 10.4. The summed E-state index contributed by atoms with van der Waals surface area (Å²) >= 11 is 0. The third-order valence-corrected chi connectivity index (χ3v) is 2.27. The molecule has 0 aliphatic carbocycles. The highest BCUT2D eigenvalue weighted by Crippen LogP contribution is 2.29. The van der Waals surface area contributed by atoms with Crippen LogP contribution in [-0.2, 0) is 0 Å². The number of ketones is 1. The molecule has 0 saturated carbocycles. The zero-order valence-electron chi connectivity index (χ0n) is 10.4. The zero-order chi connectivity index (χ0) is 12.1. The lowest BCUT2D eigenvalue weighted by molar-refractivity contribution is 0.101. The van der Waals surface area contributed by atoms with Crippen LogP contribution in [0.3, 0.4) is 0 Å². The molecule has 0 aliphatic heterocycles. The minimum Gasteiger partial charge on any atom is -0.493 e. The Morgan fingerprint density at radius 1 is 1.38 bits per heavy atom. The van der Waals surface area contributed by atoms with E-state index in [0.717, 1.165) is 17.8 Å². The number of hydrogen-bond donors (Lipinski definition) is 1. The van der Waals surface area contributed by atoms with Gasteiger partial charge in [0.1, 0.15) is 5.75 Å². The van der Waals surface area contributed by atoms with Crippen molar-refractivity contribution in [3.05, 3.63) is 23.3 Å². The van der Waals surface area contributed by atoms with Crippen molar-refractivity contribution in [1.29, 1.82) is 0 Å². The number of rotatable bonds is 5. The van der Waals surface area contributed by atoms with Crippen molar-refractivity contribution in [2.75, 3.05) is 18.5 Å². The lowest BCUT2D eigenvalue weighted by Crippen LogP contribution is -2.08. The molecule has 0 atom stereocenters. The Kier molecular flexibility index (Phi) is 4.35. The second kappa shape index (κ2) is 5.54. The maximum absolute atomic E-state index is 11.6. The summed E-state index contributed by atoms with van der Waals surface area (Å²) in [5, 5.41) is 3.20. The van der Waals surface area contributed by atoms with Crippen molar-refractivity contribution >= 4 is 11.5 Å². The summed E-state index contributed by atoms with van der Waals surface area (Å²) < 4.78 is 5.51. The summed E-state index contributed by atoms with van der Waals surface area (Å²) in [4.78, 5) is 11.6. The Balaban J connectivity index is 3.29. The highest BCUT2D eigenvalue weighted by atomic mass is 16.5. The molecule has 0 amide bonds. The number of ether oxygens (including phenoxy) is 1. The molecule has 1 N–H and O–H groups in total. The molecule has 0 aromatic heterocycles. The molecule has 1 aromatic carbocycles. The molecule has 0 bridgehead atoms. The average molecular weight is 221 g/mol. The highest BCUT2D eigenvalue weighted by molar-refractivity contribution is 6.02. The van der Waals surface area contributed by atoms with Gasteiger partial charge in [0.2, 0.25) is 0 Å². The van der Waals surface area contributed by atoms with Crippen molar-refractivity contribution in [2.24, 2.45) is 0 Å². The van der Waals surface area contributed by atoms with Gasteiger partial charge in [-0.25, -0.2) is 0 Å². The van der Waals surface area contributed by atoms with Gasteiger partial charge >= 0.3 is 0 Å². The van der Waals surface area contributed by atoms with E-state index < -0.39 is 0 Å². The number of nitrogens with one attached hydrogen (secondary N) is 1. The maximum atomic E-state index is 11.6. The van der Waals surface area contributed by atoms with Crippen molar-refractivity contribution in [3.63, 3.8) is 0 Å². The fourth-order valence-electron chi connectivity index (χ4n) is 1.72. The molecule has 0 radical (unpaired) electrons. The number of hydrogen-bond acceptors (Lipinski definition) is 3. The molecule has 88 valence electrons. The molecule has 0 spiro atoms. The smallest absolute Gasteiger partial charge is 0.165 e. The second-order valence-electron chi connectivity index (χ2n) is 3.71. The Morgan fingerprint density at radius 3 is 2.56 bits per heavy atom. The molecular formula is C13H19NO2. The van der Waals surface area contributed by atoms with Gasteiger partial charge in [-0.15, -0.1) is 0 Å². The monoisotopic (exact) mass is 221 g/mol. The van der Waals surface area contributed by atoms with E-state index in [2.05, 4.69) is 5.32 Å². The molecular weight excluding hydrogens is 202 g/mol. The first kappa shape index (κ1) is 12.6. The van der Waals surface area contributed by atoms with Crippen LogP contribution in [0.5, 0.6) is 5.75 Å². The lowest BCUT2D eigenvalue weighted by atomic mass is 10.0. The number of aryl methyl sites for hydroxylation is 1. The average Bonchev–Trinajstić information content (AvgIpc) is 2.17. The summed E-state index contributed by atoms with van der Waals surface area (Å²) in [6.45, 7) is 8.83. The van der Waals surface area contributed by atoms with Crippen LogP contribution < -0.4 is 10.1 Å². The first-order valence-corrected chi connectivity index (χ1v) is 5.62. The van der Waals surface area contributed by atoms with E-state index in [1.807, 2.05) is 32.9 Å². The number of benzene rings is 1. The van der Waals surface area contributed by atoms with Gasteiger partial charge < -0.3 is 10.1 Å². The van der Waals surface area contributed by atoms with Crippen molar-refractivity contribution in [1.82, 2.24) is 0 Å². The van der Waals surface area contributed by atoms with E-state index in [0.29, 0.717) is 17.9 Å². The third kappa shape index (κ3) is 2.75. The Morgan fingerprint density at radius 2 is 2.06 bits per heavy atom. The molecule has 0 unspecified atom stereocenters. The van der Waals surface area contributed by atoms with Gasteiger partial charge in [-0.3, -0.25) is 4.79 Å².